The van der Waals surface area contributed by atoms with E-state index < -0.39 is 10.8 Å². The van der Waals surface area contributed by atoms with Crippen LogP contribution < -0.4 is 10.1 Å². The van der Waals surface area contributed by atoms with Crippen LogP contribution in [0.4, 0.5) is 11.5 Å². The molecular weight excluding hydrogens is 394 g/mol. The highest BCUT2D eigenvalue weighted by Crippen LogP contribution is 2.30. The van der Waals surface area contributed by atoms with Crippen LogP contribution in [0.3, 0.4) is 0 Å². The summed E-state index contributed by atoms with van der Waals surface area (Å²) in [5.41, 5.74) is 1.73. The number of aryl methyl sites for hydroxylation is 1. The molecule has 0 bridgehead atoms. The van der Waals surface area contributed by atoms with Gasteiger partial charge in [-0.3, -0.25) is 14.9 Å². The molecule has 0 spiro atoms. The van der Waals surface area contributed by atoms with Gasteiger partial charge in [-0.05, 0) is 37.3 Å². The van der Waals surface area contributed by atoms with Crippen molar-refractivity contribution in [3.8, 4) is 10.9 Å². The highest BCUT2D eigenvalue weighted by atomic mass is 32.1. The topological polar surface area (TPSA) is 112 Å². The summed E-state index contributed by atoms with van der Waals surface area (Å²) in [6.45, 7) is 1.81. The van der Waals surface area contributed by atoms with Crippen LogP contribution in [0.5, 0.6) is 5.75 Å². The van der Waals surface area contributed by atoms with Gasteiger partial charge in [0.2, 0.25) is 5.13 Å². The number of carbonyl (C=O) groups is 1. The molecule has 29 heavy (non-hydrogen) atoms. The van der Waals surface area contributed by atoms with Crippen molar-refractivity contribution in [2.45, 2.75) is 6.92 Å². The van der Waals surface area contributed by atoms with Crippen molar-refractivity contribution >= 4 is 39.0 Å². The van der Waals surface area contributed by atoms with E-state index in [1.54, 1.807) is 17.9 Å². The monoisotopic (exact) mass is 409 g/mol. The number of ether oxygens (including phenoxy) is 1. The van der Waals surface area contributed by atoms with E-state index in [1.165, 1.54) is 35.6 Å². The number of benzene rings is 2. The largest absolute Gasteiger partial charge is 0.497 e. The minimum Gasteiger partial charge on any atom is -0.497 e. The van der Waals surface area contributed by atoms with Crippen LogP contribution in [0, 0.1) is 17.0 Å². The van der Waals surface area contributed by atoms with Crippen LogP contribution in [-0.4, -0.2) is 32.7 Å². The molecule has 146 valence electrons. The number of non-ortho nitro benzene ring substituents is 1. The van der Waals surface area contributed by atoms with Gasteiger partial charge in [0.15, 0.2) is 0 Å². The molecule has 10 heteroatoms. The number of amides is 1. The quantitative estimate of drug-likeness (QED) is 0.394. The summed E-state index contributed by atoms with van der Waals surface area (Å²) in [5, 5.41) is 18.6. The van der Waals surface area contributed by atoms with E-state index in [1.807, 2.05) is 25.1 Å². The molecule has 9 nitrogen and oxygen atoms in total. The minimum absolute atomic E-state index is 0.0765. The fraction of sp³-hybridized carbons (Fsp3) is 0.105. The van der Waals surface area contributed by atoms with Crippen molar-refractivity contribution in [2.24, 2.45) is 0 Å². The highest BCUT2D eigenvalue weighted by molar-refractivity contribution is 7.20. The number of carbonyl (C=O) groups excluding carboxylic acids is 1. The molecule has 0 atom stereocenters. The highest BCUT2D eigenvalue weighted by Gasteiger charge is 2.16. The molecule has 2 aromatic carbocycles. The van der Waals surface area contributed by atoms with Crippen molar-refractivity contribution in [3.05, 3.63) is 69.9 Å². The number of nitrogens with one attached hydrogen (secondary N) is 1. The number of hydrogen-bond acceptors (Lipinski definition) is 7. The van der Waals surface area contributed by atoms with Crippen molar-refractivity contribution < 1.29 is 14.5 Å². The molecule has 2 aromatic heterocycles. The van der Waals surface area contributed by atoms with Crippen LogP contribution in [0.15, 0.2) is 48.5 Å². The van der Waals surface area contributed by atoms with E-state index >= 15 is 0 Å². The third-order valence-electron chi connectivity index (χ3n) is 4.18. The predicted octanol–water partition coefficient (Wildman–Crippen LogP) is 3.96. The van der Waals surface area contributed by atoms with E-state index in [-0.39, 0.29) is 5.69 Å². The summed E-state index contributed by atoms with van der Waals surface area (Å²) in [6.07, 6.45) is 0. The van der Waals surface area contributed by atoms with Crippen LogP contribution in [0.1, 0.15) is 16.1 Å². The maximum atomic E-state index is 12.6. The Morgan fingerprint density at radius 3 is 2.66 bits per heavy atom. The summed E-state index contributed by atoms with van der Waals surface area (Å²) in [7, 11) is 1.60. The van der Waals surface area contributed by atoms with Gasteiger partial charge in [0.25, 0.3) is 11.6 Å². The standard InChI is InChI=1S/C19H15N5O4S/c1-11-9-17(21-18(25)12-3-5-13(6-4-12)24(26)27)23(22-11)19-20-15-8-7-14(28-2)10-16(15)29-19/h3-10H,1-2H3,(H,21,25). The fourth-order valence-electron chi connectivity index (χ4n) is 2.77. The summed E-state index contributed by atoms with van der Waals surface area (Å²) >= 11 is 1.42. The number of nitro benzene ring substituents is 1. The van der Waals surface area contributed by atoms with Crippen molar-refractivity contribution in [3.63, 3.8) is 0 Å². The number of nitro groups is 1. The van der Waals surface area contributed by atoms with Gasteiger partial charge < -0.3 is 10.1 Å². The smallest absolute Gasteiger partial charge is 0.269 e. The van der Waals surface area contributed by atoms with Gasteiger partial charge in [0, 0.05) is 23.8 Å². The van der Waals surface area contributed by atoms with Gasteiger partial charge in [-0.1, -0.05) is 11.3 Å². The van der Waals surface area contributed by atoms with Gasteiger partial charge >= 0.3 is 0 Å². The zero-order valence-electron chi connectivity index (χ0n) is 15.4. The Kier molecular flexibility index (Phi) is 4.69. The summed E-state index contributed by atoms with van der Waals surface area (Å²) in [6, 6.07) is 12.7. The molecule has 1 amide bonds. The third-order valence-corrected chi connectivity index (χ3v) is 5.17. The lowest BCUT2D eigenvalue weighted by atomic mass is 10.2. The van der Waals surface area contributed by atoms with Crippen molar-refractivity contribution in [1.82, 2.24) is 14.8 Å². The molecular formula is C19H15N5O4S. The second kappa shape index (κ2) is 7.32. The number of anilines is 1. The summed E-state index contributed by atoms with van der Waals surface area (Å²) in [4.78, 5) is 27.4. The summed E-state index contributed by atoms with van der Waals surface area (Å²) < 4.78 is 7.74. The Balaban J connectivity index is 1.64. The first-order valence-corrected chi connectivity index (χ1v) is 9.33. The second-order valence-electron chi connectivity index (χ2n) is 6.17. The van der Waals surface area contributed by atoms with E-state index in [2.05, 4.69) is 15.4 Å². The molecule has 0 fully saturated rings. The van der Waals surface area contributed by atoms with Gasteiger partial charge in [-0.15, -0.1) is 0 Å². The van der Waals surface area contributed by atoms with Crippen LogP contribution in [0.2, 0.25) is 0 Å². The Morgan fingerprint density at radius 1 is 1.21 bits per heavy atom. The Labute approximate surface area is 168 Å². The molecule has 4 rings (SSSR count). The summed E-state index contributed by atoms with van der Waals surface area (Å²) in [5.74, 6) is 0.789. The first-order valence-electron chi connectivity index (χ1n) is 8.52. The maximum Gasteiger partial charge on any atom is 0.269 e. The number of aromatic nitrogens is 3. The minimum atomic E-state index is -0.512. The first-order chi connectivity index (χ1) is 13.9. The predicted molar refractivity (Wildman–Crippen MR) is 109 cm³/mol. The molecule has 1 N–H and O–H groups in total. The van der Waals surface area contributed by atoms with Gasteiger partial charge in [0.05, 0.1) is 27.9 Å². The number of methoxy groups -OCH3 is 1. The number of hydrogen-bond donors (Lipinski definition) is 1. The molecule has 0 aliphatic rings. The van der Waals surface area contributed by atoms with E-state index in [0.717, 1.165) is 16.0 Å². The van der Waals surface area contributed by atoms with Crippen molar-refractivity contribution in [1.29, 1.82) is 0 Å². The van der Waals surface area contributed by atoms with Gasteiger partial charge in [-0.2, -0.15) is 9.78 Å². The lowest BCUT2D eigenvalue weighted by Crippen LogP contribution is -2.15. The lowest BCUT2D eigenvalue weighted by molar-refractivity contribution is -0.384. The molecule has 0 radical (unpaired) electrons. The van der Waals surface area contributed by atoms with Crippen LogP contribution in [0.25, 0.3) is 15.3 Å². The molecule has 2 heterocycles. The van der Waals surface area contributed by atoms with Crippen LogP contribution in [-0.2, 0) is 0 Å². The fourth-order valence-corrected chi connectivity index (χ4v) is 3.73. The third kappa shape index (κ3) is 3.65. The molecule has 0 saturated carbocycles. The molecule has 0 aliphatic carbocycles. The number of fused-ring (bicyclic) bond motifs is 1. The SMILES string of the molecule is COc1ccc2nc(-n3nc(C)cc3NC(=O)c3ccc([N+](=O)[O-])cc3)sc2c1. The van der Waals surface area contributed by atoms with Crippen molar-refractivity contribution in [2.75, 3.05) is 12.4 Å². The van der Waals surface area contributed by atoms with E-state index in [4.69, 9.17) is 4.74 Å². The first kappa shape index (κ1) is 18.6. The zero-order chi connectivity index (χ0) is 20.5. The lowest BCUT2D eigenvalue weighted by Gasteiger charge is -2.06. The molecule has 0 aliphatic heterocycles. The second-order valence-corrected chi connectivity index (χ2v) is 7.18. The molecule has 4 aromatic rings. The number of rotatable bonds is 5. The molecule has 0 unspecified atom stereocenters. The maximum absolute atomic E-state index is 12.6. The average Bonchev–Trinajstić information content (AvgIpc) is 3.30. The number of thiazole rings is 1. The average molecular weight is 409 g/mol. The Bertz CT molecular complexity index is 1230. The number of nitrogens with zero attached hydrogens (tertiary/aromatic N) is 4. The van der Waals surface area contributed by atoms with Gasteiger partial charge in [0.1, 0.15) is 11.6 Å². The normalized spacial score (nSPS) is 10.8. The van der Waals surface area contributed by atoms with E-state index in [9.17, 15) is 14.9 Å². The van der Waals surface area contributed by atoms with Crippen LogP contribution >= 0.6 is 11.3 Å². The Morgan fingerprint density at radius 2 is 1.97 bits per heavy atom. The Hall–Kier alpha value is -3.79. The van der Waals surface area contributed by atoms with Gasteiger partial charge in [-0.25, -0.2) is 4.98 Å². The zero-order valence-corrected chi connectivity index (χ0v) is 16.3. The molecule has 0 saturated heterocycles. The van der Waals surface area contributed by atoms with E-state index in [0.29, 0.717) is 22.2 Å².